The van der Waals surface area contributed by atoms with Crippen LogP contribution in [0.4, 0.5) is 0 Å². The third-order valence-corrected chi connectivity index (χ3v) is 5.75. The first-order chi connectivity index (χ1) is 8.48. The topological polar surface area (TPSA) is 89.3 Å². The highest BCUT2D eigenvalue weighted by molar-refractivity contribution is 7.91. The zero-order valence-electron chi connectivity index (χ0n) is 10.6. The summed E-state index contributed by atoms with van der Waals surface area (Å²) < 4.78 is 22.7. The summed E-state index contributed by atoms with van der Waals surface area (Å²) in [6.07, 6.45) is 5.51. The van der Waals surface area contributed by atoms with Crippen molar-refractivity contribution < 1.29 is 13.2 Å². The molecule has 2 aliphatic rings. The Bertz CT molecular complexity index is 408. The molecule has 2 fully saturated rings. The molecule has 1 saturated carbocycles. The van der Waals surface area contributed by atoms with E-state index in [1.54, 1.807) is 0 Å². The summed E-state index contributed by atoms with van der Waals surface area (Å²) in [6.45, 7) is 0. The summed E-state index contributed by atoms with van der Waals surface area (Å²) in [7, 11) is -2.94. The van der Waals surface area contributed by atoms with E-state index in [4.69, 9.17) is 5.73 Å². The predicted octanol–water partition coefficient (Wildman–Crippen LogP) is 0.197. The second-order valence-electron chi connectivity index (χ2n) is 5.52. The van der Waals surface area contributed by atoms with Gasteiger partial charge in [-0.25, -0.2) is 8.42 Å². The Labute approximate surface area is 108 Å². The highest BCUT2D eigenvalue weighted by Gasteiger charge is 2.32. The Hall–Kier alpha value is -0.620. The summed E-state index contributed by atoms with van der Waals surface area (Å²) in [5.41, 5.74) is 6.03. The van der Waals surface area contributed by atoms with Gasteiger partial charge in [0.05, 0.1) is 17.4 Å². The van der Waals surface area contributed by atoms with Crippen molar-refractivity contribution in [2.24, 2.45) is 11.7 Å². The van der Waals surface area contributed by atoms with Gasteiger partial charge in [0.25, 0.3) is 0 Å². The molecule has 1 aliphatic carbocycles. The Morgan fingerprint density at radius 3 is 2.50 bits per heavy atom. The quantitative estimate of drug-likeness (QED) is 0.704. The fourth-order valence-corrected chi connectivity index (χ4v) is 4.55. The zero-order valence-corrected chi connectivity index (χ0v) is 11.4. The molecule has 3 N–H and O–H groups in total. The van der Waals surface area contributed by atoms with Gasteiger partial charge in [0.2, 0.25) is 5.91 Å². The number of carbonyl (C=O) groups excluding carboxylic acids is 1. The minimum Gasteiger partial charge on any atom is -0.352 e. The lowest BCUT2D eigenvalue weighted by atomic mass is 9.94. The van der Waals surface area contributed by atoms with Crippen LogP contribution in [-0.2, 0) is 14.6 Å². The first-order valence-corrected chi connectivity index (χ1v) is 8.56. The monoisotopic (exact) mass is 274 g/mol. The fraction of sp³-hybridized carbons (Fsp3) is 0.917. The third-order valence-electron chi connectivity index (χ3n) is 3.99. The molecule has 6 heteroatoms. The van der Waals surface area contributed by atoms with Gasteiger partial charge in [-0.3, -0.25) is 4.79 Å². The van der Waals surface area contributed by atoms with Gasteiger partial charge >= 0.3 is 0 Å². The smallest absolute Gasteiger partial charge is 0.224 e. The van der Waals surface area contributed by atoms with Gasteiger partial charge in [0.1, 0.15) is 0 Å². The van der Waals surface area contributed by atoms with E-state index < -0.39 is 9.84 Å². The second kappa shape index (κ2) is 5.57. The fourth-order valence-electron chi connectivity index (χ4n) is 2.88. The summed E-state index contributed by atoms with van der Waals surface area (Å²) in [5, 5.41) is 2.86. The number of amides is 1. The minimum atomic E-state index is -2.94. The van der Waals surface area contributed by atoms with Gasteiger partial charge < -0.3 is 11.1 Å². The lowest BCUT2D eigenvalue weighted by molar-refractivity contribution is -0.126. The molecule has 18 heavy (non-hydrogen) atoms. The normalized spacial score (nSPS) is 35.9. The Morgan fingerprint density at radius 2 is 1.83 bits per heavy atom. The third kappa shape index (κ3) is 3.45. The molecule has 1 amide bonds. The van der Waals surface area contributed by atoms with Crippen molar-refractivity contribution >= 4 is 15.7 Å². The van der Waals surface area contributed by atoms with Crippen LogP contribution in [0.25, 0.3) is 0 Å². The van der Waals surface area contributed by atoms with Gasteiger partial charge in [-0.2, -0.15) is 0 Å². The molecule has 0 aromatic carbocycles. The van der Waals surface area contributed by atoms with Crippen LogP contribution in [0.3, 0.4) is 0 Å². The van der Waals surface area contributed by atoms with Crippen molar-refractivity contribution in [3.63, 3.8) is 0 Å². The summed E-state index contributed by atoms with van der Waals surface area (Å²) in [6, 6.07) is -0.288. The molecule has 1 heterocycles. The van der Waals surface area contributed by atoms with E-state index in [0.29, 0.717) is 6.42 Å². The van der Waals surface area contributed by atoms with Crippen molar-refractivity contribution in [3.8, 4) is 0 Å². The summed E-state index contributed by atoms with van der Waals surface area (Å²) in [4.78, 5) is 12.1. The van der Waals surface area contributed by atoms with Gasteiger partial charge in [0, 0.05) is 12.1 Å². The van der Waals surface area contributed by atoms with Gasteiger partial charge in [-0.05, 0) is 19.3 Å². The maximum absolute atomic E-state index is 12.1. The molecular formula is C12H22N2O3S. The molecule has 0 radical (unpaired) electrons. The minimum absolute atomic E-state index is 0.0495. The van der Waals surface area contributed by atoms with E-state index >= 15 is 0 Å². The maximum atomic E-state index is 12.1. The Morgan fingerprint density at radius 1 is 1.11 bits per heavy atom. The summed E-state index contributed by atoms with van der Waals surface area (Å²) in [5.74, 6) is 0.0809. The standard InChI is InChI=1S/C12H22N2O3S/c13-11-5-3-1-2-4-10(11)12(15)14-9-6-7-18(16,17)8-9/h9-11H,1-8,13H2,(H,14,15). The van der Waals surface area contributed by atoms with E-state index in [2.05, 4.69) is 5.32 Å². The average molecular weight is 274 g/mol. The predicted molar refractivity (Wildman–Crippen MR) is 69.8 cm³/mol. The van der Waals surface area contributed by atoms with Crippen molar-refractivity contribution in [2.75, 3.05) is 11.5 Å². The highest BCUT2D eigenvalue weighted by atomic mass is 32.2. The lowest BCUT2D eigenvalue weighted by Crippen LogP contribution is -2.45. The summed E-state index contributed by atoms with van der Waals surface area (Å²) >= 11 is 0. The van der Waals surface area contributed by atoms with Crippen LogP contribution < -0.4 is 11.1 Å². The van der Waals surface area contributed by atoms with Crippen LogP contribution in [0, 0.1) is 5.92 Å². The van der Waals surface area contributed by atoms with Crippen molar-refractivity contribution in [1.82, 2.24) is 5.32 Å². The average Bonchev–Trinajstić information content (AvgIpc) is 2.49. The maximum Gasteiger partial charge on any atom is 0.224 e. The van der Waals surface area contributed by atoms with Crippen molar-refractivity contribution in [3.05, 3.63) is 0 Å². The molecule has 104 valence electrons. The number of hydrogen-bond donors (Lipinski definition) is 2. The van der Waals surface area contributed by atoms with Crippen molar-refractivity contribution in [1.29, 1.82) is 0 Å². The Kier molecular flexibility index (Phi) is 4.27. The SMILES string of the molecule is NC1CCCCCC1C(=O)NC1CCS(=O)(=O)C1. The number of sulfone groups is 1. The Balaban J connectivity index is 1.91. The molecule has 1 saturated heterocycles. The molecular weight excluding hydrogens is 252 g/mol. The van der Waals surface area contributed by atoms with Gasteiger partial charge in [-0.1, -0.05) is 19.3 Å². The zero-order chi connectivity index (χ0) is 13.2. The van der Waals surface area contributed by atoms with E-state index in [9.17, 15) is 13.2 Å². The number of nitrogens with two attached hydrogens (primary N) is 1. The molecule has 1 aliphatic heterocycles. The number of carbonyl (C=O) groups is 1. The highest BCUT2D eigenvalue weighted by Crippen LogP contribution is 2.23. The van der Waals surface area contributed by atoms with E-state index in [1.807, 2.05) is 0 Å². The lowest BCUT2D eigenvalue weighted by Gasteiger charge is -2.22. The number of rotatable bonds is 2. The largest absolute Gasteiger partial charge is 0.352 e. The number of nitrogens with one attached hydrogen (secondary N) is 1. The van der Waals surface area contributed by atoms with Crippen LogP contribution in [0.1, 0.15) is 38.5 Å². The molecule has 0 spiro atoms. The number of hydrogen-bond acceptors (Lipinski definition) is 4. The van der Waals surface area contributed by atoms with Crippen LogP contribution in [0.15, 0.2) is 0 Å². The molecule has 5 nitrogen and oxygen atoms in total. The van der Waals surface area contributed by atoms with Crippen LogP contribution >= 0.6 is 0 Å². The first kappa shape index (κ1) is 13.8. The molecule has 2 rings (SSSR count). The van der Waals surface area contributed by atoms with E-state index in [0.717, 1.165) is 32.1 Å². The molecule has 3 atom stereocenters. The molecule has 0 aromatic rings. The van der Waals surface area contributed by atoms with Crippen LogP contribution in [-0.4, -0.2) is 37.9 Å². The molecule has 3 unspecified atom stereocenters. The first-order valence-electron chi connectivity index (χ1n) is 6.74. The van der Waals surface area contributed by atoms with Crippen LogP contribution in [0.2, 0.25) is 0 Å². The van der Waals surface area contributed by atoms with E-state index in [-0.39, 0.29) is 35.4 Å². The van der Waals surface area contributed by atoms with Gasteiger partial charge in [-0.15, -0.1) is 0 Å². The van der Waals surface area contributed by atoms with Crippen LogP contribution in [0.5, 0.6) is 0 Å². The molecule has 0 aromatic heterocycles. The van der Waals surface area contributed by atoms with Gasteiger partial charge in [0.15, 0.2) is 9.84 Å². The van der Waals surface area contributed by atoms with Crippen molar-refractivity contribution in [2.45, 2.75) is 50.6 Å². The van der Waals surface area contributed by atoms with E-state index in [1.165, 1.54) is 0 Å². The second-order valence-corrected chi connectivity index (χ2v) is 7.75. The molecule has 0 bridgehead atoms.